The van der Waals surface area contributed by atoms with Gasteiger partial charge in [0.25, 0.3) is 0 Å². The minimum absolute atomic E-state index is 0.335. The zero-order valence-corrected chi connectivity index (χ0v) is 10.4. The highest BCUT2D eigenvalue weighted by molar-refractivity contribution is 4.89. The molecule has 0 amide bonds. The van der Waals surface area contributed by atoms with Crippen molar-refractivity contribution in [3.63, 3.8) is 0 Å². The summed E-state index contributed by atoms with van der Waals surface area (Å²) in [6.45, 7) is 5.52. The van der Waals surface area contributed by atoms with E-state index >= 15 is 0 Å². The summed E-state index contributed by atoms with van der Waals surface area (Å²) in [7, 11) is 2.19. The average Bonchev–Trinajstić information content (AvgIpc) is 2.90. The summed E-state index contributed by atoms with van der Waals surface area (Å²) in [6, 6.07) is 0.964. The molecule has 2 N–H and O–H groups in total. The highest BCUT2D eigenvalue weighted by Crippen LogP contribution is 2.26. The third-order valence-corrected chi connectivity index (χ3v) is 4.13. The van der Waals surface area contributed by atoms with Crippen LogP contribution in [0, 0.1) is 5.92 Å². The Labute approximate surface area is 98.1 Å². The Morgan fingerprint density at radius 1 is 1.38 bits per heavy atom. The van der Waals surface area contributed by atoms with E-state index in [0.717, 1.165) is 32.7 Å². The monoisotopic (exact) mass is 228 g/mol. The van der Waals surface area contributed by atoms with Crippen molar-refractivity contribution in [1.82, 2.24) is 4.90 Å². The van der Waals surface area contributed by atoms with Crippen molar-refractivity contribution in [3.8, 4) is 0 Å². The standard InChI is InChI=1S/C12H24N2O2/c1-9-11(4-6-16-9)14(2)12(7-13)10-3-5-15-8-10/h9-12H,3-8,13H2,1-2H3. The van der Waals surface area contributed by atoms with E-state index < -0.39 is 0 Å². The zero-order valence-electron chi connectivity index (χ0n) is 10.4. The molecular formula is C12H24N2O2. The second-order valence-corrected chi connectivity index (χ2v) is 5.02. The molecule has 4 nitrogen and oxygen atoms in total. The summed E-state index contributed by atoms with van der Waals surface area (Å²) in [6.07, 6.45) is 2.61. The molecule has 2 aliphatic heterocycles. The van der Waals surface area contributed by atoms with E-state index in [0.29, 0.717) is 30.7 Å². The predicted molar refractivity (Wildman–Crippen MR) is 63.4 cm³/mol. The van der Waals surface area contributed by atoms with Gasteiger partial charge in [0.2, 0.25) is 0 Å². The lowest BCUT2D eigenvalue weighted by Gasteiger charge is -2.36. The normalized spacial score (nSPS) is 37.1. The molecule has 0 radical (unpaired) electrons. The van der Waals surface area contributed by atoms with Crippen molar-refractivity contribution in [2.75, 3.05) is 33.4 Å². The lowest BCUT2D eigenvalue weighted by Crippen LogP contribution is -2.50. The molecule has 0 aromatic carbocycles. The van der Waals surface area contributed by atoms with Crippen molar-refractivity contribution >= 4 is 0 Å². The number of hydrogen-bond acceptors (Lipinski definition) is 4. The van der Waals surface area contributed by atoms with Crippen molar-refractivity contribution in [1.29, 1.82) is 0 Å². The van der Waals surface area contributed by atoms with Gasteiger partial charge in [-0.05, 0) is 26.8 Å². The van der Waals surface area contributed by atoms with Crippen molar-refractivity contribution in [2.24, 2.45) is 11.7 Å². The lowest BCUT2D eigenvalue weighted by atomic mass is 9.95. The van der Waals surface area contributed by atoms with E-state index in [4.69, 9.17) is 15.2 Å². The molecule has 0 bridgehead atoms. The van der Waals surface area contributed by atoms with Gasteiger partial charge in [0.15, 0.2) is 0 Å². The molecule has 2 fully saturated rings. The molecule has 2 rings (SSSR count). The first kappa shape index (κ1) is 12.3. The van der Waals surface area contributed by atoms with Crippen LogP contribution in [-0.2, 0) is 9.47 Å². The molecule has 0 spiro atoms. The van der Waals surface area contributed by atoms with Crippen LogP contribution in [0.25, 0.3) is 0 Å². The minimum Gasteiger partial charge on any atom is -0.381 e. The summed E-state index contributed by atoms with van der Waals surface area (Å²) >= 11 is 0. The molecule has 0 aliphatic carbocycles. The molecule has 2 saturated heterocycles. The maximum atomic E-state index is 5.93. The molecule has 0 aromatic rings. The van der Waals surface area contributed by atoms with Gasteiger partial charge in [-0.2, -0.15) is 0 Å². The molecule has 2 aliphatic rings. The van der Waals surface area contributed by atoms with E-state index in [9.17, 15) is 0 Å². The largest absolute Gasteiger partial charge is 0.381 e. The summed E-state index contributed by atoms with van der Waals surface area (Å²) in [5.74, 6) is 0.600. The fourth-order valence-electron chi connectivity index (χ4n) is 3.05. The van der Waals surface area contributed by atoms with Crippen LogP contribution in [0.2, 0.25) is 0 Å². The van der Waals surface area contributed by atoms with Gasteiger partial charge in [0, 0.05) is 37.8 Å². The van der Waals surface area contributed by atoms with E-state index in [-0.39, 0.29) is 0 Å². The number of rotatable bonds is 4. The third-order valence-electron chi connectivity index (χ3n) is 4.13. The maximum Gasteiger partial charge on any atom is 0.0703 e. The third kappa shape index (κ3) is 2.40. The zero-order chi connectivity index (χ0) is 11.5. The Bertz CT molecular complexity index is 219. The van der Waals surface area contributed by atoms with Crippen LogP contribution in [0.3, 0.4) is 0 Å². The molecule has 4 heteroatoms. The molecule has 4 unspecified atom stereocenters. The van der Waals surface area contributed by atoms with Gasteiger partial charge >= 0.3 is 0 Å². The first-order chi connectivity index (χ1) is 7.74. The topological polar surface area (TPSA) is 47.7 Å². The van der Waals surface area contributed by atoms with Crippen LogP contribution >= 0.6 is 0 Å². The molecular weight excluding hydrogens is 204 g/mol. The van der Waals surface area contributed by atoms with Crippen LogP contribution in [0.4, 0.5) is 0 Å². The van der Waals surface area contributed by atoms with Gasteiger partial charge in [-0.25, -0.2) is 0 Å². The van der Waals surface area contributed by atoms with Crippen LogP contribution < -0.4 is 5.73 Å². The smallest absolute Gasteiger partial charge is 0.0703 e. The summed E-state index contributed by atoms with van der Waals surface area (Å²) < 4.78 is 11.1. The number of nitrogens with two attached hydrogens (primary N) is 1. The van der Waals surface area contributed by atoms with E-state index in [1.165, 1.54) is 0 Å². The number of ether oxygens (including phenoxy) is 2. The van der Waals surface area contributed by atoms with Gasteiger partial charge in [0.1, 0.15) is 0 Å². The summed E-state index contributed by atoms with van der Waals surface area (Å²) in [5.41, 5.74) is 5.93. The minimum atomic E-state index is 0.335. The molecule has 0 saturated carbocycles. The molecule has 0 aromatic heterocycles. The predicted octanol–water partition coefficient (Wildman–Crippen LogP) is 0.459. The molecule has 94 valence electrons. The highest BCUT2D eigenvalue weighted by atomic mass is 16.5. The van der Waals surface area contributed by atoms with E-state index in [1.807, 2.05) is 0 Å². The van der Waals surface area contributed by atoms with Crippen molar-refractivity contribution < 1.29 is 9.47 Å². The van der Waals surface area contributed by atoms with Crippen LogP contribution in [0.15, 0.2) is 0 Å². The van der Waals surface area contributed by atoms with E-state index in [1.54, 1.807) is 0 Å². The van der Waals surface area contributed by atoms with E-state index in [2.05, 4.69) is 18.9 Å². The van der Waals surface area contributed by atoms with Gasteiger partial charge in [0.05, 0.1) is 12.7 Å². The van der Waals surface area contributed by atoms with Crippen LogP contribution in [0.1, 0.15) is 19.8 Å². The Morgan fingerprint density at radius 3 is 2.69 bits per heavy atom. The lowest BCUT2D eigenvalue weighted by molar-refractivity contribution is 0.0517. The fourth-order valence-corrected chi connectivity index (χ4v) is 3.05. The Kier molecular flexibility index (Phi) is 4.19. The van der Waals surface area contributed by atoms with Gasteiger partial charge in [-0.15, -0.1) is 0 Å². The van der Waals surface area contributed by atoms with Crippen molar-refractivity contribution in [2.45, 2.75) is 38.0 Å². The molecule has 16 heavy (non-hydrogen) atoms. The quantitative estimate of drug-likeness (QED) is 0.759. The van der Waals surface area contributed by atoms with Crippen LogP contribution in [-0.4, -0.2) is 56.5 Å². The van der Waals surface area contributed by atoms with Gasteiger partial charge < -0.3 is 15.2 Å². The first-order valence-electron chi connectivity index (χ1n) is 6.35. The fraction of sp³-hybridized carbons (Fsp3) is 1.00. The Morgan fingerprint density at radius 2 is 2.19 bits per heavy atom. The first-order valence-corrected chi connectivity index (χ1v) is 6.35. The Hall–Kier alpha value is -0.160. The second-order valence-electron chi connectivity index (χ2n) is 5.02. The Balaban J connectivity index is 1.96. The average molecular weight is 228 g/mol. The van der Waals surface area contributed by atoms with Crippen molar-refractivity contribution in [3.05, 3.63) is 0 Å². The number of hydrogen-bond donors (Lipinski definition) is 1. The molecule has 2 heterocycles. The number of nitrogens with zero attached hydrogens (tertiary/aromatic N) is 1. The number of likely N-dealkylation sites (N-methyl/N-ethyl adjacent to an activating group) is 1. The SMILES string of the molecule is CC1OCCC1N(C)C(CN)C1CCOC1. The summed E-state index contributed by atoms with van der Waals surface area (Å²) in [5, 5.41) is 0. The molecule has 4 atom stereocenters. The second kappa shape index (κ2) is 5.45. The maximum absolute atomic E-state index is 5.93. The summed E-state index contributed by atoms with van der Waals surface area (Å²) in [4.78, 5) is 2.43. The van der Waals surface area contributed by atoms with Gasteiger partial charge in [-0.3, -0.25) is 4.90 Å². The van der Waals surface area contributed by atoms with Crippen LogP contribution in [0.5, 0.6) is 0 Å². The van der Waals surface area contributed by atoms with Gasteiger partial charge in [-0.1, -0.05) is 0 Å². The highest BCUT2D eigenvalue weighted by Gasteiger charge is 2.35.